The zero-order valence-electron chi connectivity index (χ0n) is 10.1. The summed E-state index contributed by atoms with van der Waals surface area (Å²) in [5.74, 6) is 2.30. The maximum absolute atomic E-state index is 5.96. The van der Waals surface area contributed by atoms with Gasteiger partial charge in [-0.3, -0.25) is 0 Å². The molecule has 0 N–H and O–H groups in total. The third-order valence-corrected chi connectivity index (χ3v) is 3.22. The largest absolute Gasteiger partial charge is 0.490 e. The van der Waals surface area contributed by atoms with Gasteiger partial charge in [0.05, 0.1) is 0 Å². The molecule has 0 aliphatic carbocycles. The molecule has 1 unspecified atom stereocenters. The third kappa shape index (κ3) is 1.88. The van der Waals surface area contributed by atoms with Gasteiger partial charge in [0.2, 0.25) is 0 Å². The summed E-state index contributed by atoms with van der Waals surface area (Å²) in [7, 11) is 0. The Hall–Kier alpha value is -0.980. The molecule has 15 heavy (non-hydrogen) atoms. The lowest BCUT2D eigenvalue weighted by Crippen LogP contribution is -2.20. The second kappa shape index (κ2) is 3.88. The molecule has 1 atom stereocenters. The Labute approximate surface area is 92.5 Å². The monoisotopic (exact) mass is 204 g/mol. The number of hydrogen-bond donors (Lipinski definition) is 0. The minimum absolute atomic E-state index is 0.375. The first-order valence-corrected chi connectivity index (χ1v) is 5.88. The first kappa shape index (κ1) is 10.5. The molecule has 0 radical (unpaired) electrons. The van der Waals surface area contributed by atoms with Crippen LogP contribution in [-0.2, 0) is 6.42 Å². The molecule has 1 nitrogen and oxygen atoms in total. The van der Waals surface area contributed by atoms with Crippen LogP contribution in [0, 0.1) is 5.92 Å². The molecule has 0 fully saturated rings. The van der Waals surface area contributed by atoms with E-state index in [1.165, 1.54) is 11.1 Å². The Morgan fingerprint density at radius 1 is 1.20 bits per heavy atom. The van der Waals surface area contributed by atoms with Crippen LogP contribution in [0.25, 0.3) is 0 Å². The van der Waals surface area contributed by atoms with Crippen molar-refractivity contribution in [2.75, 3.05) is 0 Å². The summed E-state index contributed by atoms with van der Waals surface area (Å²) in [6.45, 7) is 8.95. The number of hydrogen-bond acceptors (Lipinski definition) is 1. The Bertz CT molecular complexity index is 352. The van der Waals surface area contributed by atoms with E-state index in [1.54, 1.807) is 0 Å². The van der Waals surface area contributed by atoms with Gasteiger partial charge in [0.15, 0.2) is 0 Å². The van der Waals surface area contributed by atoms with Gasteiger partial charge in [0, 0.05) is 12.0 Å². The van der Waals surface area contributed by atoms with E-state index in [0.717, 1.165) is 12.2 Å². The average Bonchev–Trinajstić information content (AvgIpc) is 2.60. The van der Waals surface area contributed by atoms with E-state index in [0.29, 0.717) is 17.9 Å². The lowest BCUT2D eigenvalue weighted by Gasteiger charge is -2.13. The molecule has 82 valence electrons. The van der Waals surface area contributed by atoms with Crippen LogP contribution in [0.15, 0.2) is 18.2 Å². The fourth-order valence-corrected chi connectivity index (χ4v) is 2.23. The van der Waals surface area contributed by atoms with Gasteiger partial charge in [-0.2, -0.15) is 0 Å². The van der Waals surface area contributed by atoms with Gasteiger partial charge in [-0.1, -0.05) is 39.8 Å². The summed E-state index contributed by atoms with van der Waals surface area (Å²) in [5.41, 5.74) is 2.89. The second-order valence-corrected chi connectivity index (χ2v) is 5.08. The van der Waals surface area contributed by atoms with Gasteiger partial charge in [-0.25, -0.2) is 0 Å². The van der Waals surface area contributed by atoms with E-state index in [1.807, 2.05) is 0 Å². The van der Waals surface area contributed by atoms with E-state index in [9.17, 15) is 0 Å². The van der Waals surface area contributed by atoms with E-state index in [-0.39, 0.29) is 0 Å². The fraction of sp³-hybridized carbons (Fsp3) is 0.571. The quantitative estimate of drug-likeness (QED) is 0.712. The highest BCUT2D eigenvalue weighted by Crippen LogP contribution is 2.36. The molecule has 1 aliphatic heterocycles. The van der Waals surface area contributed by atoms with E-state index in [4.69, 9.17) is 4.74 Å². The number of rotatable bonds is 2. The fourth-order valence-electron chi connectivity index (χ4n) is 2.23. The molecule has 1 aliphatic rings. The zero-order chi connectivity index (χ0) is 11.0. The minimum Gasteiger partial charge on any atom is -0.490 e. The van der Waals surface area contributed by atoms with Crippen molar-refractivity contribution < 1.29 is 4.74 Å². The molecule has 0 aromatic heterocycles. The smallest absolute Gasteiger partial charge is 0.123 e. The van der Waals surface area contributed by atoms with Crippen LogP contribution in [-0.4, -0.2) is 6.10 Å². The first-order valence-electron chi connectivity index (χ1n) is 5.88. The predicted molar refractivity (Wildman–Crippen MR) is 63.5 cm³/mol. The van der Waals surface area contributed by atoms with Crippen LogP contribution >= 0.6 is 0 Å². The summed E-state index contributed by atoms with van der Waals surface area (Å²) in [6.07, 6.45) is 1.46. The van der Waals surface area contributed by atoms with Crippen molar-refractivity contribution in [3.63, 3.8) is 0 Å². The number of fused-ring (bicyclic) bond motifs is 1. The predicted octanol–water partition coefficient (Wildman–Crippen LogP) is 3.77. The Balaban J connectivity index is 2.33. The first-order chi connectivity index (χ1) is 7.09. The molecule has 2 rings (SSSR count). The molecule has 0 amide bonds. The summed E-state index contributed by atoms with van der Waals surface area (Å²) in [6, 6.07) is 6.44. The van der Waals surface area contributed by atoms with E-state index >= 15 is 0 Å². The topological polar surface area (TPSA) is 9.23 Å². The number of benzene rings is 1. The van der Waals surface area contributed by atoms with Crippen LogP contribution in [0.2, 0.25) is 0 Å². The van der Waals surface area contributed by atoms with Gasteiger partial charge in [0.25, 0.3) is 0 Å². The van der Waals surface area contributed by atoms with Crippen molar-refractivity contribution >= 4 is 0 Å². The van der Waals surface area contributed by atoms with Gasteiger partial charge in [-0.05, 0) is 23.5 Å². The highest BCUT2D eigenvalue weighted by Gasteiger charge is 2.27. The normalized spacial score (nSPS) is 19.5. The average molecular weight is 204 g/mol. The Kier molecular flexibility index (Phi) is 2.72. The molecule has 1 heteroatoms. The summed E-state index contributed by atoms with van der Waals surface area (Å²) in [5, 5.41) is 0. The molecule has 1 aromatic rings. The van der Waals surface area contributed by atoms with Gasteiger partial charge < -0.3 is 4.74 Å². The molecule has 0 saturated carbocycles. The maximum atomic E-state index is 5.96. The molecule has 1 aromatic carbocycles. The van der Waals surface area contributed by atoms with Gasteiger partial charge in [-0.15, -0.1) is 0 Å². The number of ether oxygens (including phenoxy) is 1. The van der Waals surface area contributed by atoms with Crippen LogP contribution < -0.4 is 4.74 Å². The standard InChI is InChI=1S/C14H20O/c1-9(2)11-6-5-7-13-12(11)8-14(15-13)10(3)4/h5-7,9-10,14H,8H2,1-4H3. The molecule has 1 heterocycles. The lowest BCUT2D eigenvalue weighted by molar-refractivity contribution is 0.179. The minimum atomic E-state index is 0.375. The van der Waals surface area contributed by atoms with Crippen LogP contribution in [0.1, 0.15) is 44.7 Å². The SMILES string of the molecule is CC(C)c1cccc2c1CC(C(C)C)O2. The summed E-state index contributed by atoms with van der Waals surface area (Å²) >= 11 is 0. The van der Waals surface area contributed by atoms with E-state index < -0.39 is 0 Å². The van der Waals surface area contributed by atoms with Crippen molar-refractivity contribution in [3.05, 3.63) is 29.3 Å². The van der Waals surface area contributed by atoms with Crippen molar-refractivity contribution in [1.29, 1.82) is 0 Å². The van der Waals surface area contributed by atoms with Crippen molar-refractivity contribution in [1.82, 2.24) is 0 Å². The van der Waals surface area contributed by atoms with Crippen molar-refractivity contribution in [2.24, 2.45) is 5.92 Å². The highest BCUT2D eigenvalue weighted by atomic mass is 16.5. The van der Waals surface area contributed by atoms with E-state index in [2.05, 4.69) is 45.9 Å². The zero-order valence-corrected chi connectivity index (χ0v) is 10.1. The van der Waals surface area contributed by atoms with Crippen LogP contribution in [0.3, 0.4) is 0 Å². The third-order valence-electron chi connectivity index (χ3n) is 3.22. The Morgan fingerprint density at radius 3 is 2.53 bits per heavy atom. The van der Waals surface area contributed by atoms with Gasteiger partial charge >= 0.3 is 0 Å². The molecule has 0 bridgehead atoms. The molecule has 0 saturated heterocycles. The lowest BCUT2D eigenvalue weighted by atomic mass is 9.92. The summed E-state index contributed by atoms with van der Waals surface area (Å²) in [4.78, 5) is 0. The van der Waals surface area contributed by atoms with Crippen molar-refractivity contribution in [3.8, 4) is 5.75 Å². The van der Waals surface area contributed by atoms with Crippen molar-refractivity contribution in [2.45, 2.75) is 46.1 Å². The Morgan fingerprint density at radius 2 is 1.93 bits per heavy atom. The summed E-state index contributed by atoms with van der Waals surface area (Å²) < 4.78 is 5.96. The van der Waals surface area contributed by atoms with Crippen LogP contribution in [0.5, 0.6) is 5.75 Å². The molecular weight excluding hydrogens is 184 g/mol. The maximum Gasteiger partial charge on any atom is 0.123 e. The van der Waals surface area contributed by atoms with Crippen LogP contribution in [0.4, 0.5) is 0 Å². The second-order valence-electron chi connectivity index (χ2n) is 5.08. The molecule has 0 spiro atoms. The van der Waals surface area contributed by atoms with Gasteiger partial charge in [0.1, 0.15) is 11.9 Å². The molecular formula is C14H20O. The highest BCUT2D eigenvalue weighted by molar-refractivity contribution is 5.45.